The molecule has 0 radical (unpaired) electrons. The van der Waals surface area contributed by atoms with Crippen LogP contribution in [0.25, 0.3) is 0 Å². The molecule has 2 fully saturated rings. The van der Waals surface area contributed by atoms with Crippen LogP contribution >= 0.6 is 0 Å². The standard InChI is InChI=1S/2C18H32O2.2C3H6O2/c2*1-2-3-4-5-6-7-8-9-10-11-12-13-14-15-16-17-18(19)20;2*4-1-3-2-5-3/h2*6-7,9-10H,2-5,8,11-17H2,1H3,(H,19,20);2*3-4H,1-2H2/b2*7-6-,10-9-;;. The molecule has 0 aromatic rings. The van der Waals surface area contributed by atoms with Crippen LogP contribution in [0.15, 0.2) is 48.6 Å². The summed E-state index contributed by atoms with van der Waals surface area (Å²) in [5.74, 6) is -1.34. The van der Waals surface area contributed by atoms with Crippen LogP contribution in [0.3, 0.4) is 0 Å². The molecule has 2 unspecified atom stereocenters. The molecule has 292 valence electrons. The van der Waals surface area contributed by atoms with E-state index in [1.165, 1.54) is 89.9 Å². The monoisotopic (exact) mass is 709 g/mol. The normalized spacial score (nSPS) is 16.2. The third-order valence-electron chi connectivity index (χ3n) is 7.89. The zero-order chi connectivity index (χ0) is 37.2. The maximum absolute atomic E-state index is 10.3. The van der Waals surface area contributed by atoms with Gasteiger partial charge in [0.2, 0.25) is 0 Å². The van der Waals surface area contributed by atoms with E-state index in [1.54, 1.807) is 0 Å². The molecular formula is C42H76O8. The topological polar surface area (TPSA) is 140 Å². The summed E-state index contributed by atoms with van der Waals surface area (Å²) in [6.45, 7) is 6.38. The minimum absolute atomic E-state index is 0.190. The maximum atomic E-state index is 10.3. The highest BCUT2D eigenvalue weighted by molar-refractivity contribution is 5.66. The number of aliphatic hydroxyl groups excluding tert-OH is 2. The van der Waals surface area contributed by atoms with E-state index in [-0.39, 0.29) is 25.4 Å². The van der Waals surface area contributed by atoms with Gasteiger partial charge in [0.1, 0.15) is 12.2 Å². The molecule has 2 rings (SSSR count). The summed E-state index contributed by atoms with van der Waals surface area (Å²) in [5.41, 5.74) is 0. The van der Waals surface area contributed by atoms with Gasteiger partial charge in [0.15, 0.2) is 0 Å². The fourth-order valence-electron chi connectivity index (χ4n) is 4.52. The third kappa shape index (κ3) is 52.6. The molecule has 2 heterocycles. The first-order valence-corrected chi connectivity index (χ1v) is 19.9. The fraction of sp³-hybridized carbons (Fsp3) is 0.762. The summed E-state index contributed by atoms with van der Waals surface area (Å²) in [4.78, 5) is 20.6. The number of hydrogen-bond donors (Lipinski definition) is 4. The zero-order valence-corrected chi connectivity index (χ0v) is 32.0. The molecule has 8 nitrogen and oxygen atoms in total. The van der Waals surface area contributed by atoms with Gasteiger partial charge in [-0.25, -0.2) is 0 Å². The first-order valence-electron chi connectivity index (χ1n) is 19.9. The number of carbonyl (C=O) groups is 2. The molecular weight excluding hydrogens is 632 g/mol. The average molecular weight is 709 g/mol. The summed E-state index contributed by atoms with van der Waals surface area (Å²) in [6, 6.07) is 0. The number of unbranched alkanes of at least 4 members (excludes halogenated alkanes) is 16. The highest BCUT2D eigenvalue weighted by Crippen LogP contribution is 2.10. The predicted octanol–water partition coefficient (Wildman–Crippen LogP) is 10.5. The SMILES string of the molecule is CCCCC/C=C\C/C=C\CCCCCCCC(=O)O.CCCCC/C=C\C/C=C\CCCCCCCC(=O)O.OCC1CO1.OCC1CO1. The van der Waals surface area contributed by atoms with Gasteiger partial charge >= 0.3 is 11.9 Å². The molecule has 2 atom stereocenters. The predicted molar refractivity (Wildman–Crippen MR) is 208 cm³/mol. The Morgan fingerprint density at radius 1 is 0.480 bits per heavy atom. The number of aliphatic carboxylic acids is 2. The quantitative estimate of drug-likeness (QED) is 0.0328. The van der Waals surface area contributed by atoms with E-state index in [4.69, 9.17) is 20.4 Å². The Morgan fingerprint density at radius 2 is 0.760 bits per heavy atom. The second kappa shape index (κ2) is 42.9. The molecule has 50 heavy (non-hydrogen) atoms. The molecule has 0 saturated carbocycles. The number of epoxide rings is 2. The second-order valence-electron chi connectivity index (χ2n) is 13.0. The van der Waals surface area contributed by atoms with Crippen LogP contribution in [0.1, 0.15) is 168 Å². The van der Waals surface area contributed by atoms with Crippen LogP contribution < -0.4 is 0 Å². The number of rotatable bonds is 30. The fourth-order valence-corrected chi connectivity index (χ4v) is 4.52. The Hall–Kier alpha value is -2.26. The van der Waals surface area contributed by atoms with Crippen LogP contribution in [0, 0.1) is 0 Å². The lowest BCUT2D eigenvalue weighted by molar-refractivity contribution is -0.138. The van der Waals surface area contributed by atoms with Gasteiger partial charge in [-0.15, -0.1) is 0 Å². The Kier molecular flexibility index (Phi) is 42.8. The van der Waals surface area contributed by atoms with Gasteiger partial charge in [-0.1, -0.05) is 127 Å². The van der Waals surface area contributed by atoms with E-state index < -0.39 is 11.9 Å². The summed E-state index contributed by atoms with van der Waals surface area (Å²) in [5, 5.41) is 33.2. The highest BCUT2D eigenvalue weighted by Gasteiger charge is 2.20. The lowest BCUT2D eigenvalue weighted by atomic mass is 10.1. The van der Waals surface area contributed by atoms with E-state index in [9.17, 15) is 9.59 Å². The Morgan fingerprint density at radius 3 is 1.00 bits per heavy atom. The summed E-state index contributed by atoms with van der Waals surface area (Å²) < 4.78 is 9.22. The molecule has 2 saturated heterocycles. The van der Waals surface area contributed by atoms with Crippen LogP contribution in [-0.2, 0) is 19.1 Å². The van der Waals surface area contributed by atoms with Crippen molar-refractivity contribution in [3.8, 4) is 0 Å². The van der Waals surface area contributed by atoms with E-state index in [0.29, 0.717) is 12.8 Å². The third-order valence-corrected chi connectivity index (χ3v) is 7.89. The number of ether oxygens (including phenoxy) is 2. The van der Waals surface area contributed by atoms with Crippen LogP contribution in [-0.4, -0.2) is 71.0 Å². The largest absolute Gasteiger partial charge is 0.481 e. The molecule has 4 N–H and O–H groups in total. The number of carboxylic acid groups (broad SMARTS) is 2. The van der Waals surface area contributed by atoms with Crippen LogP contribution in [0.5, 0.6) is 0 Å². The molecule has 0 aromatic heterocycles. The maximum Gasteiger partial charge on any atom is 0.303 e. The van der Waals surface area contributed by atoms with Gasteiger partial charge in [0.25, 0.3) is 0 Å². The van der Waals surface area contributed by atoms with E-state index in [0.717, 1.165) is 64.6 Å². The van der Waals surface area contributed by atoms with Crippen LogP contribution in [0.4, 0.5) is 0 Å². The Bertz CT molecular complexity index is 760. The Labute approximate surface area is 306 Å². The first kappa shape index (κ1) is 49.9. The van der Waals surface area contributed by atoms with Gasteiger partial charge in [-0.05, 0) is 77.0 Å². The zero-order valence-electron chi connectivity index (χ0n) is 32.0. The molecule has 2 aliphatic rings. The Balaban J connectivity index is 0. The minimum atomic E-state index is -0.671. The van der Waals surface area contributed by atoms with E-state index >= 15 is 0 Å². The molecule has 0 aliphatic carbocycles. The average Bonchev–Trinajstić information content (AvgIpc) is 4.04. The van der Waals surface area contributed by atoms with Crippen molar-refractivity contribution >= 4 is 11.9 Å². The van der Waals surface area contributed by atoms with E-state index in [2.05, 4.69) is 71.9 Å². The summed E-state index contributed by atoms with van der Waals surface area (Å²) in [6.07, 6.45) is 44.9. The van der Waals surface area contributed by atoms with Crippen molar-refractivity contribution in [3.05, 3.63) is 48.6 Å². The second-order valence-corrected chi connectivity index (χ2v) is 13.0. The summed E-state index contributed by atoms with van der Waals surface area (Å²) in [7, 11) is 0. The van der Waals surface area contributed by atoms with Crippen molar-refractivity contribution in [2.24, 2.45) is 0 Å². The molecule has 0 amide bonds. The number of carboxylic acids is 2. The van der Waals surface area contributed by atoms with Gasteiger partial charge in [0, 0.05) is 12.8 Å². The van der Waals surface area contributed by atoms with Gasteiger partial charge < -0.3 is 29.9 Å². The van der Waals surface area contributed by atoms with Crippen molar-refractivity contribution in [1.29, 1.82) is 0 Å². The lowest BCUT2D eigenvalue weighted by Crippen LogP contribution is -1.93. The smallest absolute Gasteiger partial charge is 0.303 e. The van der Waals surface area contributed by atoms with Gasteiger partial charge in [-0.3, -0.25) is 9.59 Å². The molecule has 8 heteroatoms. The van der Waals surface area contributed by atoms with Crippen molar-refractivity contribution in [3.63, 3.8) is 0 Å². The van der Waals surface area contributed by atoms with Gasteiger partial charge in [0.05, 0.1) is 26.4 Å². The van der Waals surface area contributed by atoms with Crippen molar-refractivity contribution < 1.29 is 39.5 Å². The molecule has 0 spiro atoms. The summed E-state index contributed by atoms with van der Waals surface area (Å²) >= 11 is 0. The van der Waals surface area contributed by atoms with Crippen molar-refractivity contribution in [1.82, 2.24) is 0 Å². The van der Waals surface area contributed by atoms with Gasteiger partial charge in [-0.2, -0.15) is 0 Å². The molecule has 2 aliphatic heterocycles. The molecule has 0 aromatic carbocycles. The first-order chi connectivity index (χ1) is 24.4. The van der Waals surface area contributed by atoms with Crippen molar-refractivity contribution in [2.75, 3.05) is 26.4 Å². The van der Waals surface area contributed by atoms with Crippen LogP contribution in [0.2, 0.25) is 0 Å². The number of allylic oxidation sites excluding steroid dienone is 8. The number of aliphatic hydroxyl groups is 2. The lowest BCUT2D eigenvalue weighted by Gasteiger charge is -1.98. The highest BCUT2D eigenvalue weighted by atomic mass is 16.6. The van der Waals surface area contributed by atoms with E-state index in [1.807, 2.05) is 0 Å². The number of hydrogen-bond acceptors (Lipinski definition) is 6. The molecule has 0 bridgehead atoms. The minimum Gasteiger partial charge on any atom is -0.481 e. The van der Waals surface area contributed by atoms with Crippen molar-refractivity contribution in [2.45, 2.75) is 180 Å².